The third-order valence-corrected chi connectivity index (χ3v) is 19.1. The van der Waals surface area contributed by atoms with Crippen LogP contribution in [-0.2, 0) is 25.8 Å². The first-order valence-corrected chi connectivity index (χ1v) is 26.4. The van der Waals surface area contributed by atoms with Crippen molar-refractivity contribution >= 4 is 21.8 Å². The lowest BCUT2D eigenvalue weighted by Gasteiger charge is -2.37. The molecule has 12 heteroatoms. The number of fused-ring (bicyclic) bond motifs is 2. The molecular formula is C49H75F3N4O4S. The smallest absolute Gasteiger partial charge is 0.353 e. The molecule has 3 N–H and O–H groups in total. The van der Waals surface area contributed by atoms with Gasteiger partial charge in [-0.1, -0.05) is 83.1 Å². The Morgan fingerprint density at radius 1 is 0.590 bits per heavy atom. The van der Waals surface area contributed by atoms with Crippen LogP contribution in [0.5, 0.6) is 0 Å². The normalized spacial score (nSPS) is 31.2. The SMILES string of the molecule is O=C(N[C@H]1CC[C@H]2CN(S(=O)(=O)c3cccc(C(F)(F)F)c3)C[C@H]21)C(C1CCCCC1)C1CCCCC1.O=C(N[C@H]1CC[C@H]2CNC[C@H]21)C(C1CCCCC1)C1CCCCC1. The van der Waals surface area contributed by atoms with Crippen molar-refractivity contribution in [1.29, 1.82) is 0 Å². The molecule has 0 radical (unpaired) electrons. The lowest BCUT2D eigenvalue weighted by atomic mass is 9.69. The lowest BCUT2D eigenvalue weighted by Crippen LogP contribution is -2.47. The van der Waals surface area contributed by atoms with Crippen molar-refractivity contribution < 1.29 is 31.2 Å². The molecule has 0 unspecified atom stereocenters. The van der Waals surface area contributed by atoms with E-state index in [-0.39, 0.29) is 41.1 Å². The number of benzene rings is 1. The van der Waals surface area contributed by atoms with Crippen molar-refractivity contribution in [2.75, 3.05) is 26.2 Å². The minimum Gasteiger partial charge on any atom is -0.353 e. The maximum absolute atomic E-state index is 13.8. The molecule has 61 heavy (non-hydrogen) atoms. The van der Waals surface area contributed by atoms with Gasteiger partial charge in [0.05, 0.1) is 10.5 Å². The van der Waals surface area contributed by atoms with Gasteiger partial charge in [0.1, 0.15) is 0 Å². The number of hydrogen-bond acceptors (Lipinski definition) is 5. The summed E-state index contributed by atoms with van der Waals surface area (Å²) < 4.78 is 67.4. The molecule has 342 valence electrons. The van der Waals surface area contributed by atoms with E-state index < -0.39 is 21.8 Å². The van der Waals surface area contributed by atoms with Crippen molar-refractivity contribution in [3.8, 4) is 0 Å². The summed E-state index contributed by atoms with van der Waals surface area (Å²) >= 11 is 0. The second kappa shape index (κ2) is 20.3. The summed E-state index contributed by atoms with van der Waals surface area (Å²) in [7, 11) is -4.05. The zero-order valence-corrected chi connectivity index (χ0v) is 37.5. The average Bonchev–Trinajstić information content (AvgIpc) is 4.08. The zero-order valence-electron chi connectivity index (χ0n) is 36.7. The topological polar surface area (TPSA) is 108 Å². The quantitative estimate of drug-likeness (QED) is 0.217. The van der Waals surface area contributed by atoms with E-state index in [1.165, 1.54) is 132 Å². The fraction of sp³-hybridized carbons (Fsp3) is 0.837. The minimum atomic E-state index is -4.60. The summed E-state index contributed by atoms with van der Waals surface area (Å²) in [6, 6.07) is 4.37. The summed E-state index contributed by atoms with van der Waals surface area (Å²) in [6.07, 6.45) is 24.7. The van der Waals surface area contributed by atoms with Gasteiger partial charge >= 0.3 is 6.18 Å². The molecule has 2 amide bonds. The Morgan fingerprint density at radius 2 is 1.05 bits per heavy atom. The first-order chi connectivity index (χ1) is 29.5. The number of carbonyl (C=O) groups excluding carboxylic acids is 2. The number of carbonyl (C=O) groups is 2. The lowest BCUT2D eigenvalue weighted by molar-refractivity contribution is -0.137. The summed E-state index contributed by atoms with van der Waals surface area (Å²) in [6.45, 7) is 2.83. The fourth-order valence-corrected chi connectivity index (χ4v) is 15.6. The van der Waals surface area contributed by atoms with Crippen LogP contribution in [0.1, 0.15) is 160 Å². The number of sulfonamides is 1. The third-order valence-electron chi connectivity index (χ3n) is 17.3. The molecule has 0 spiro atoms. The van der Waals surface area contributed by atoms with Gasteiger partial charge < -0.3 is 16.0 Å². The Kier molecular flexibility index (Phi) is 15.1. The maximum atomic E-state index is 13.8. The van der Waals surface area contributed by atoms with E-state index in [4.69, 9.17) is 0 Å². The van der Waals surface area contributed by atoms with Gasteiger partial charge in [0.15, 0.2) is 0 Å². The van der Waals surface area contributed by atoms with Gasteiger partial charge in [0.25, 0.3) is 0 Å². The Morgan fingerprint density at radius 3 is 1.52 bits per heavy atom. The molecule has 6 aliphatic carbocycles. The molecule has 0 aromatic heterocycles. The van der Waals surface area contributed by atoms with E-state index in [2.05, 4.69) is 16.0 Å². The Labute approximate surface area is 364 Å². The molecule has 2 aliphatic heterocycles. The van der Waals surface area contributed by atoms with Crippen LogP contribution in [0.15, 0.2) is 29.2 Å². The van der Waals surface area contributed by atoms with Crippen LogP contribution in [0.3, 0.4) is 0 Å². The summed E-state index contributed by atoms with van der Waals surface area (Å²) in [5.74, 6) is 4.81. The zero-order chi connectivity index (χ0) is 42.6. The fourth-order valence-electron chi connectivity index (χ4n) is 14.1. The molecule has 6 saturated carbocycles. The second-order valence-electron chi connectivity index (χ2n) is 20.9. The van der Waals surface area contributed by atoms with Crippen LogP contribution in [0.4, 0.5) is 13.2 Å². The number of amides is 2. The molecule has 9 rings (SSSR count). The number of alkyl halides is 3. The second-order valence-corrected chi connectivity index (χ2v) is 22.8. The largest absolute Gasteiger partial charge is 0.416 e. The van der Waals surface area contributed by atoms with E-state index in [0.717, 1.165) is 69.2 Å². The van der Waals surface area contributed by atoms with Crippen LogP contribution >= 0.6 is 0 Å². The average molecular weight is 873 g/mol. The molecule has 6 atom stereocenters. The Bertz CT molecular complexity index is 1680. The van der Waals surface area contributed by atoms with Gasteiger partial charge in [0.2, 0.25) is 21.8 Å². The summed E-state index contributed by atoms with van der Waals surface area (Å²) in [4.78, 5) is 26.8. The first kappa shape index (κ1) is 45.4. The molecule has 1 aromatic carbocycles. The molecule has 8 aliphatic rings. The molecule has 8 nitrogen and oxygen atoms in total. The number of halogens is 3. The van der Waals surface area contributed by atoms with Crippen molar-refractivity contribution in [1.82, 2.24) is 20.3 Å². The van der Waals surface area contributed by atoms with Crippen molar-refractivity contribution in [3.05, 3.63) is 29.8 Å². The predicted octanol–water partition coefficient (Wildman–Crippen LogP) is 9.87. The number of nitrogens with zero attached hydrogens (tertiary/aromatic N) is 1. The molecule has 0 bridgehead atoms. The van der Waals surface area contributed by atoms with Crippen LogP contribution in [0.25, 0.3) is 0 Å². The molecular weight excluding hydrogens is 798 g/mol. The molecule has 2 saturated heterocycles. The number of rotatable bonds is 10. The number of hydrogen-bond donors (Lipinski definition) is 3. The van der Waals surface area contributed by atoms with Crippen LogP contribution in [-0.4, -0.2) is 62.8 Å². The van der Waals surface area contributed by atoms with E-state index in [9.17, 15) is 31.2 Å². The first-order valence-electron chi connectivity index (χ1n) is 25.0. The maximum Gasteiger partial charge on any atom is 0.416 e. The van der Waals surface area contributed by atoms with Crippen LogP contribution in [0, 0.1) is 59.2 Å². The Balaban J connectivity index is 0.000000184. The van der Waals surface area contributed by atoms with E-state index >= 15 is 0 Å². The van der Waals surface area contributed by atoms with Gasteiger partial charge in [-0.3, -0.25) is 9.59 Å². The van der Waals surface area contributed by atoms with E-state index in [1.54, 1.807) is 0 Å². The highest BCUT2D eigenvalue weighted by molar-refractivity contribution is 7.89. The van der Waals surface area contributed by atoms with Crippen molar-refractivity contribution in [2.45, 2.75) is 177 Å². The van der Waals surface area contributed by atoms with Gasteiger partial charge in [-0.25, -0.2) is 8.42 Å². The van der Waals surface area contributed by atoms with Gasteiger partial charge in [-0.2, -0.15) is 17.5 Å². The monoisotopic (exact) mass is 873 g/mol. The minimum absolute atomic E-state index is 0.00267. The highest BCUT2D eigenvalue weighted by atomic mass is 32.2. The standard InChI is InChI=1S/C28H39F3N2O3S.C21H36N2O/c29-28(30,31)22-12-7-13-23(16-22)37(35,36)33-17-21-14-15-25(24(21)18-33)32-27(34)26(19-8-3-1-4-9-19)20-10-5-2-6-11-20;24-21(23-19-12-11-17-13-22-14-18(17)19)20(15-7-3-1-4-8-15)16-9-5-2-6-10-16/h7,12-13,16,19-21,24-26H,1-6,8-11,14-15,17-18H2,(H,32,34);15-20,22H,1-14H2,(H,23,24)/t21-,24+,25-;17-,18+,19-/m00/s1. The van der Waals surface area contributed by atoms with Gasteiger partial charge in [0, 0.05) is 43.6 Å². The predicted molar refractivity (Wildman–Crippen MR) is 233 cm³/mol. The highest BCUT2D eigenvalue weighted by Crippen LogP contribution is 2.45. The van der Waals surface area contributed by atoms with Gasteiger partial charge in [-0.15, -0.1) is 0 Å². The Hall–Kier alpha value is -2.18. The highest BCUT2D eigenvalue weighted by Gasteiger charge is 2.49. The van der Waals surface area contributed by atoms with Crippen LogP contribution < -0.4 is 16.0 Å². The summed E-state index contributed by atoms with van der Waals surface area (Å²) in [5, 5.41) is 10.5. The molecule has 2 heterocycles. The summed E-state index contributed by atoms with van der Waals surface area (Å²) in [5.41, 5.74) is -0.963. The third kappa shape index (κ3) is 10.7. The van der Waals surface area contributed by atoms with E-state index in [1.807, 2.05) is 0 Å². The van der Waals surface area contributed by atoms with Crippen molar-refractivity contribution in [2.24, 2.45) is 59.2 Å². The van der Waals surface area contributed by atoms with E-state index in [0.29, 0.717) is 54.0 Å². The van der Waals surface area contributed by atoms with Crippen LogP contribution in [0.2, 0.25) is 0 Å². The molecule has 1 aromatic rings. The van der Waals surface area contributed by atoms with Crippen molar-refractivity contribution in [3.63, 3.8) is 0 Å². The number of nitrogens with one attached hydrogen (secondary N) is 3. The van der Waals surface area contributed by atoms with Gasteiger partial charge in [-0.05, 0) is 149 Å². The molecule has 8 fully saturated rings.